The molecule has 0 atom stereocenters. The zero-order chi connectivity index (χ0) is 21.2. The number of aromatic nitrogens is 2. The second kappa shape index (κ2) is 7.56. The zero-order valence-electron chi connectivity index (χ0n) is 15.3. The molecule has 12 heteroatoms. The fraction of sp³-hybridized carbons (Fsp3) is 0.118. The van der Waals surface area contributed by atoms with Gasteiger partial charge in [-0.2, -0.15) is 28.3 Å². The third kappa shape index (κ3) is 3.71. The molecular weight excluding hydrogens is 400 g/mol. The molecular formula is C17H14N6O5S. The van der Waals surface area contributed by atoms with Gasteiger partial charge in [0.25, 0.3) is 15.7 Å². The number of nitro groups is 1. The van der Waals surface area contributed by atoms with Gasteiger partial charge < -0.3 is 4.74 Å². The van der Waals surface area contributed by atoms with Crippen molar-refractivity contribution in [2.75, 3.05) is 14.2 Å². The Bertz CT molecular complexity index is 1280. The summed E-state index contributed by atoms with van der Waals surface area (Å²) in [5.41, 5.74) is 1.06. The maximum atomic E-state index is 12.9. The highest BCUT2D eigenvalue weighted by molar-refractivity contribution is 7.89. The van der Waals surface area contributed by atoms with E-state index < -0.39 is 20.6 Å². The third-order valence-electron chi connectivity index (χ3n) is 4.02. The first-order valence-corrected chi connectivity index (χ1v) is 9.44. The molecule has 0 radical (unpaired) electrons. The molecule has 1 aromatic carbocycles. The molecule has 148 valence electrons. The van der Waals surface area contributed by atoms with Crippen LogP contribution < -0.4 is 4.74 Å². The van der Waals surface area contributed by atoms with E-state index in [2.05, 4.69) is 10.2 Å². The van der Waals surface area contributed by atoms with Crippen molar-refractivity contribution in [3.63, 3.8) is 0 Å². The summed E-state index contributed by atoms with van der Waals surface area (Å²) < 4.78 is 32.9. The number of nitro benzene ring substituents is 1. The number of hydrogen-bond acceptors (Lipinski definition) is 8. The van der Waals surface area contributed by atoms with Crippen molar-refractivity contribution in [1.29, 1.82) is 5.26 Å². The maximum Gasteiger partial charge on any atom is 0.282 e. The Kier molecular flexibility index (Phi) is 5.16. The van der Waals surface area contributed by atoms with Crippen molar-refractivity contribution in [3.8, 4) is 11.8 Å². The molecule has 0 bridgehead atoms. The number of non-ortho nitro benzene ring substituents is 1. The van der Waals surface area contributed by atoms with Crippen LogP contribution in [-0.4, -0.2) is 47.7 Å². The van der Waals surface area contributed by atoms with Crippen molar-refractivity contribution in [3.05, 3.63) is 64.0 Å². The van der Waals surface area contributed by atoms with Crippen molar-refractivity contribution >= 4 is 27.4 Å². The Hall–Kier alpha value is -3.98. The molecule has 3 aromatic rings. The van der Waals surface area contributed by atoms with E-state index in [1.807, 2.05) is 6.07 Å². The minimum absolute atomic E-state index is 0.0488. The SMILES string of the molecule is COc1ccc([N+](=O)[O-])cc1S(=O)(=O)N(C)N=Cc1cnn2ccc(C#N)cc12. The van der Waals surface area contributed by atoms with Gasteiger partial charge in [0.1, 0.15) is 10.6 Å². The number of nitriles is 1. The molecule has 0 aliphatic carbocycles. The average molecular weight is 414 g/mol. The second-order valence-electron chi connectivity index (χ2n) is 5.73. The number of nitrogens with zero attached hydrogens (tertiary/aromatic N) is 6. The molecule has 0 N–H and O–H groups in total. The van der Waals surface area contributed by atoms with Gasteiger partial charge in [-0.05, 0) is 18.2 Å². The van der Waals surface area contributed by atoms with Crippen LogP contribution in [0, 0.1) is 21.4 Å². The van der Waals surface area contributed by atoms with Crippen LogP contribution in [0.2, 0.25) is 0 Å². The highest BCUT2D eigenvalue weighted by atomic mass is 32.2. The summed E-state index contributed by atoms with van der Waals surface area (Å²) in [6.07, 6.45) is 4.33. The average Bonchev–Trinajstić information content (AvgIpc) is 3.13. The molecule has 0 aliphatic heterocycles. The van der Waals surface area contributed by atoms with Gasteiger partial charge in [0, 0.05) is 30.9 Å². The van der Waals surface area contributed by atoms with Gasteiger partial charge >= 0.3 is 0 Å². The monoisotopic (exact) mass is 414 g/mol. The molecule has 2 heterocycles. The lowest BCUT2D eigenvalue weighted by molar-refractivity contribution is -0.385. The zero-order valence-corrected chi connectivity index (χ0v) is 16.1. The van der Waals surface area contributed by atoms with Crippen LogP contribution in [0.4, 0.5) is 5.69 Å². The maximum absolute atomic E-state index is 12.9. The summed E-state index contributed by atoms with van der Waals surface area (Å²) in [4.78, 5) is 9.91. The number of benzene rings is 1. The first-order valence-electron chi connectivity index (χ1n) is 8.00. The molecule has 0 unspecified atom stereocenters. The van der Waals surface area contributed by atoms with E-state index in [0.717, 1.165) is 12.1 Å². The Morgan fingerprint density at radius 3 is 2.79 bits per heavy atom. The lowest BCUT2D eigenvalue weighted by Crippen LogP contribution is -2.22. The van der Waals surface area contributed by atoms with Gasteiger partial charge in [-0.25, -0.2) is 4.52 Å². The van der Waals surface area contributed by atoms with E-state index in [1.165, 1.54) is 37.2 Å². The predicted octanol–water partition coefficient (Wildman–Crippen LogP) is 1.78. The van der Waals surface area contributed by atoms with E-state index in [-0.39, 0.29) is 10.6 Å². The summed E-state index contributed by atoms with van der Waals surface area (Å²) in [6, 6.07) is 8.45. The van der Waals surface area contributed by atoms with Gasteiger partial charge in [-0.15, -0.1) is 0 Å². The first kappa shape index (κ1) is 19.8. The van der Waals surface area contributed by atoms with E-state index in [9.17, 15) is 18.5 Å². The number of pyridine rings is 1. The third-order valence-corrected chi connectivity index (χ3v) is 5.69. The number of rotatable bonds is 6. The van der Waals surface area contributed by atoms with Crippen molar-refractivity contribution in [2.24, 2.45) is 5.10 Å². The molecule has 0 aliphatic rings. The smallest absolute Gasteiger partial charge is 0.282 e. The Labute approximate surface area is 165 Å². The van der Waals surface area contributed by atoms with Crippen molar-refractivity contribution in [2.45, 2.75) is 4.90 Å². The molecule has 29 heavy (non-hydrogen) atoms. The van der Waals surface area contributed by atoms with E-state index in [4.69, 9.17) is 10.00 Å². The number of methoxy groups -OCH3 is 1. The van der Waals surface area contributed by atoms with E-state index >= 15 is 0 Å². The largest absolute Gasteiger partial charge is 0.495 e. The highest BCUT2D eigenvalue weighted by Gasteiger charge is 2.26. The normalized spacial score (nSPS) is 11.5. The number of sulfonamides is 1. The summed E-state index contributed by atoms with van der Waals surface area (Å²) in [5.74, 6) is -0.0488. The van der Waals surface area contributed by atoms with Crippen LogP contribution in [0.3, 0.4) is 0 Å². The Morgan fingerprint density at radius 2 is 2.14 bits per heavy atom. The fourth-order valence-corrected chi connectivity index (χ4v) is 3.63. The Morgan fingerprint density at radius 1 is 1.38 bits per heavy atom. The standard InChI is InChI=1S/C17H14N6O5S/c1-21(19-10-13-11-20-22-6-5-12(9-18)7-15(13)22)29(26,27)17-8-14(23(24)25)3-4-16(17)28-2/h3-8,10-11H,1-2H3. The molecule has 11 nitrogen and oxygen atoms in total. The number of hydrazone groups is 1. The minimum Gasteiger partial charge on any atom is -0.495 e. The first-order chi connectivity index (χ1) is 13.8. The number of ether oxygens (including phenoxy) is 1. The Balaban J connectivity index is 1.98. The van der Waals surface area contributed by atoms with Gasteiger partial charge in [0.15, 0.2) is 0 Å². The number of hydrogen-bond donors (Lipinski definition) is 0. The van der Waals surface area contributed by atoms with Crippen LogP contribution in [0.15, 0.2) is 52.7 Å². The predicted molar refractivity (Wildman–Crippen MR) is 102 cm³/mol. The highest BCUT2D eigenvalue weighted by Crippen LogP contribution is 2.30. The van der Waals surface area contributed by atoms with Gasteiger partial charge in [-0.3, -0.25) is 10.1 Å². The van der Waals surface area contributed by atoms with Gasteiger partial charge in [-0.1, -0.05) is 0 Å². The molecule has 0 spiro atoms. The van der Waals surface area contributed by atoms with Crippen LogP contribution >= 0.6 is 0 Å². The van der Waals surface area contributed by atoms with Gasteiger partial charge in [0.05, 0.1) is 41.6 Å². The lowest BCUT2D eigenvalue weighted by Gasteiger charge is -2.15. The van der Waals surface area contributed by atoms with Gasteiger partial charge in [0.2, 0.25) is 0 Å². The summed E-state index contributed by atoms with van der Waals surface area (Å²) in [5, 5.41) is 28.1. The molecule has 0 saturated carbocycles. The molecule has 0 amide bonds. The van der Waals surface area contributed by atoms with Crippen LogP contribution in [0.1, 0.15) is 11.1 Å². The van der Waals surface area contributed by atoms with Crippen molar-refractivity contribution in [1.82, 2.24) is 14.0 Å². The van der Waals surface area contributed by atoms with Crippen LogP contribution in [-0.2, 0) is 10.0 Å². The minimum atomic E-state index is -4.23. The summed E-state index contributed by atoms with van der Waals surface area (Å²) in [7, 11) is -1.78. The van der Waals surface area contributed by atoms with Crippen molar-refractivity contribution < 1.29 is 18.1 Å². The quantitative estimate of drug-likeness (QED) is 0.340. The number of fused-ring (bicyclic) bond motifs is 1. The lowest BCUT2D eigenvalue weighted by atomic mass is 10.2. The second-order valence-corrected chi connectivity index (χ2v) is 7.65. The summed E-state index contributed by atoms with van der Waals surface area (Å²) in [6.45, 7) is 0. The van der Waals surface area contributed by atoms with Crippen LogP contribution in [0.25, 0.3) is 5.52 Å². The molecule has 0 fully saturated rings. The van der Waals surface area contributed by atoms with E-state index in [1.54, 1.807) is 18.3 Å². The fourth-order valence-electron chi connectivity index (χ4n) is 2.50. The van der Waals surface area contributed by atoms with Crippen LogP contribution in [0.5, 0.6) is 5.75 Å². The summed E-state index contributed by atoms with van der Waals surface area (Å²) >= 11 is 0. The molecule has 0 saturated heterocycles. The molecule has 2 aromatic heterocycles. The topological polar surface area (TPSA) is 143 Å². The molecule has 3 rings (SSSR count). The van der Waals surface area contributed by atoms with E-state index in [0.29, 0.717) is 21.1 Å².